The van der Waals surface area contributed by atoms with E-state index < -0.39 is 5.97 Å². The monoisotopic (exact) mass is 329 g/mol. The van der Waals surface area contributed by atoms with Crippen LogP contribution in [0.5, 0.6) is 5.75 Å². The second-order valence-electron chi connectivity index (χ2n) is 5.84. The largest absolute Gasteiger partial charge is 0.493 e. The maximum absolute atomic E-state index is 12.2. The van der Waals surface area contributed by atoms with E-state index in [9.17, 15) is 9.59 Å². The zero-order valence-corrected chi connectivity index (χ0v) is 13.4. The molecule has 0 radical (unpaired) electrons. The van der Waals surface area contributed by atoms with E-state index in [1.54, 1.807) is 6.92 Å². The third-order valence-electron chi connectivity index (χ3n) is 4.17. The molecule has 2 heterocycles. The summed E-state index contributed by atoms with van der Waals surface area (Å²) in [6, 6.07) is 9.21. The molecule has 0 saturated heterocycles. The topological polar surface area (TPSA) is 88.8 Å². The number of para-hydroxylation sites is 1. The minimum atomic E-state index is -1.03. The number of amides is 1. The number of hydrogen-bond donors (Lipinski definition) is 2. The number of furan rings is 1. The normalized spacial score (nSPS) is 16.1. The predicted molar refractivity (Wildman–Crippen MR) is 86.2 cm³/mol. The van der Waals surface area contributed by atoms with Gasteiger partial charge in [0.05, 0.1) is 13.2 Å². The summed E-state index contributed by atoms with van der Waals surface area (Å²) in [7, 11) is 0. The highest BCUT2D eigenvalue weighted by Crippen LogP contribution is 2.35. The van der Waals surface area contributed by atoms with Crippen molar-refractivity contribution in [2.45, 2.75) is 32.2 Å². The van der Waals surface area contributed by atoms with Gasteiger partial charge in [-0.1, -0.05) is 18.2 Å². The Hall–Kier alpha value is -2.76. The van der Waals surface area contributed by atoms with Crippen molar-refractivity contribution in [1.29, 1.82) is 0 Å². The van der Waals surface area contributed by atoms with Crippen LogP contribution in [0.1, 0.15) is 46.2 Å². The highest BCUT2D eigenvalue weighted by Gasteiger charge is 2.23. The van der Waals surface area contributed by atoms with Crippen molar-refractivity contribution in [2.75, 3.05) is 6.61 Å². The molecule has 1 amide bonds. The highest BCUT2D eigenvalue weighted by molar-refractivity contribution is 5.88. The van der Waals surface area contributed by atoms with Crippen LogP contribution in [0, 0.1) is 6.92 Å². The number of aryl methyl sites for hydroxylation is 1. The van der Waals surface area contributed by atoms with Gasteiger partial charge in [-0.15, -0.1) is 0 Å². The summed E-state index contributed by atoms with van der Waals surface area (Å²) in [5, 5.41) is 11.8. The molecule has 1 aromatic carbocycles. The van der Waals surface area contributed by atoms with E-state index in [-0.39, 0.29) is 23.9 Å². The number of carboxylic acid groups (broad SMARTS) is 1. The number of nitrogens with one attached hydrogen (secondary N) is 1. The zero-order chi connectivity index (χ0) is 17.1. The average Bonchev–Trinajstić information content (AvgIpc) is 2.94. The summed E-state index contributed by atoms with van der Waals surface area (Å²) < 4.78 is 11.0. The van der Waals surface area contributed by atoms with Crippen LogP contribution in [0.4, 0.5) is 0 Å². The van der Waals surface area contributed by atoms with Crippen LogP contribution in [-0.2, 0) is 11.3 Å². The summed E-state index contributed by atoms with van der Waals surface area (Å²) in [5.41, 5.74) is 1.18. The Morgan fingerprint density at radius 1 is 1.33 bits per heavy atom. The Morgan fingerprint density at radius 2 is 2.12 bits per heavy atom. The van der Waals surface area contributed by atoms with Gasteiger partial charge in [0.1, 0.15) is 22.8 Å². The molecule has 1 aliphatic rings. The Kier molecular flexibility index (Phi) is 4.55. The molecule has 1 atom stereocenters. The number of benzene rings is 1. The van der Waals surface area contributed by atoms with Gasteiger partial charge in [0.15, 0.2) is 0 Å². The molecule has 1 unspecified atom stereocenters. The molecule has 6 heteroatoms. The lowest BCUT2D eigenvalue weighted by Gasteiger charge is -2.25. The van der Waals surface area contributed by atoms with Crippen molar-refractivity contribution in [3.8, 4) is 5.75 Å². The molecule has 1 aromatic heterocycles. The number of hydrogen-bond acceptors (Lipinski definition) is 4. The Morgan fingerprint density at radius 3 is 2.88 bits per heavy atom. The minimum Gasteiger partial charge on any atom is -0.493 e. The van der Waals surface area contributed by atoms with Gasteiger partial charge >= 0.3 is 5.97 Å². The first kappa shape index (κ1) is 16.1. The van der Waals surface area contributed by atoms with Gasteiger partial charge in [-0.2, -0.15) is 0 Å². The third kappa shape index (κ3) is 3.42. The van der Waals surface area contributed by atoms with Crippen LogP contribution >= 0.6 is 0 Å². The molecule has 24 heavy (non-hydrogen) atoms. The summed E-state index contributed by atoms with van der Waals surface area (Å²) in [5.74, 6) is 0.614. The van der Waals surface area contributed by atoms with Gasteiger partial charge in [-0.3, -0.25) is 4.79 Å². The van der Waals surface area contributed by atoms with Crippen LogP contribution in [0.15, 0.2) is 34.7 Å². The van der Waals surface area contributed by atoms with Crippen molar-refractivity contribution in [1.82, 2.24) is 5.32 Å². The smallest absolute Gasteiger partial charge is 0.339 e. The van der Waals surface area contributed by atoms with Crippen LogP contribution in [0.2, 0.25) is 0 Å². The van der Waals surface area contributed by atoms with Crippen molar-refractivity contribution in [2.24, 2.45) is 0 Å². The lowest BCUT2D eigenvalue weighted by atomic mass is 9.90. The number of aromatic carboxylic acids is 1. The molecule has 0 saturated carbocycles. The number of carboxylic acids is 1. The first-order valence-corrected chi connectivity index (χ1v) is 7.85. The van der Waals surface area contributed by atoms with Crippen LogP contribution < -0.4 is 10.1 Å². The van der Waals surface area contributed by atoms with Gasteiger partial charge in [0.2, 0.25) is 5.91 Å². The molecule has 126 valence electrons. The van der Waals surface area contributed by atoms with E-state index in [1.165, 1.54) is 6.07 Å². The van der Waals surface area contributed by atoms with Crippen molar-refractivity contribution in [3.63, 3.8) is 0 Å². The fourth-order valence-corrected chi connectivity index (χ4v) is 2.95. The van der Waals surface area contributed by atoms with E-state index in [0.29, 0.717) is 24.5 Å². The van der Waals surface area contributed by atoms with E-state index in [2.05, 4.69) is 5.32 Å². The highest BCUT2D eigenvalue weighted by atomic mass is 16.5. The van der Waals surface area contributed by atoms with E-state index >= 15 is 0 Å². The van der Waals surface area contributed by atoms with Crippen molar-refractivity contribution < 1.29 is 23.8 Å². The fourth-order valence-electron chi connectivity index (χ4n) is 2.95. The number of ether oxygens (including phenoxy) is 1. The van der Waals surface area contributed by atoms with Crippen LogP contribution in [0.25, 0.3) is 0 Å². The first-order valence-electron chi connectivity index (χ1n) is 7.85. The van der Waals surface area contributed by atoms with E-state index in [0.717, 1.165) is 17.7 Å². The van der Waals surface area contributed by atoms with Crippen LogP contribution in [0.3, 0.4) is 0 Å². The number of carbonyl (C=O) groups is 2. The maximum Gasteiger partial charge on any atom is 0.339 e. The number of rotatable bonds is 5. The quantitative estimate of drug-likeness (QED) is 0.880. The van der Waals surface area contributed by atoms with Gasteiger partial charge in [-0.05, 0) is 37.0 Å². The molecule has 6 nitrogen and oxygen atoms in total. The third-order valence-corrected chi connectivity index (χ3v) is 4.17. The summed E-state index contributed by atoms with van der Waals surface area (Å²) >= 11 is 0. The SMILES string of the molecule is Cc1oc(CNC(=O)CC2CCOc3ccccc32)cc1C(=O)O. The van der Waals surface area contributed by atoms with Crippen molar-refractivity contribution >= 4 is 11.9 Å². The minimum absolute atomic E-state index is 0.0948. The Balaban J connectivity index is 1.59. The van der Waals surface area contributed by atoms with E-state index in [4.69, 9.17) is 14.3 Å². The van der Waals surface area contributed by atoms with Gasteiger partial charge < -0.3 is 19.6 Å². The maximum atomic E-state index is 12.2. The molecule has 3 rings (SSSR count). The van der Waals surface area contributed by atoms with Crippen molar-refractivity contribution in [3.05, 3.63) is 53.0 Å². The molecule has 0 aliphatic carbocycles. The Bertz CT molecular complexity index is 765. The Labute approximate surface area is 139 Å². The molecular formula is C18H19NO5. The summed E-state index contributed by atoms with van der Waals surface area (Å²) in [6.45, 7) is 2.37. The molecule has 0 spiro atoms. The second kappa shape index (κ2) is 6.78. The molecule has 0 bridgehead atoms. The van der Waals surface area contributed by atoms with Gasteiger partial charge in [0, 0.05) is 6.42 Å². The zero-order valence-electron chi connectivity index (χ0n) is 13.4. The summed E-state index contributed by atoms with van der Waals surface area (Å²) in [6.07, 6.45) is 1.17. The molecule has 2 N–H and O–H groups in total. The molecular weight excluding hydrogens is 310 g/mol. The van der Waals surface area contributed by atoms with Crippen LogP contribution in [-0.4, -0.2) is 23.6 Å². The fraction of sp³-hybridized carbons (Fsp3) is 0.333. The number of fused-ring (bicyclic) bond motifs is 1. The standard InChI is InChI=1S/C18H19NO5/c1-11-15(18(21)22)9-13(24-11)10-19-17(20)8-12-6-7-23-16-5-3-2-4-14(12)16/h2-5,9,12H,6-8,10H2,1H3,(H,19,20)(H,21,22). The second-order valence-corrected chi connectivity index (χ2v) is 5.84. The van der Waals surface area contributed by atoms with Gasteiger partial charge in [-0.25, -0.2) is 4.79 Å². The molecule has 1 aliphatic heterocycles. The lowest BCUT2D eigenvalue weighted by molar-refractivity contribution is -0.121. The molecule has 2 aromatic rings. The summed E-state index contributed by atoms with van der Waals surface area (Å²) in [4.78, 5) is 23.2. The predicted octanol–water partition coefficient (Wildman–Crippen LogP) is 2.86. The average molecular weight is 329 g/mol. The van der Waals surface area contributed by atoms with Gasteiger partial charge in [0.25, 0.3) is 0 Å². The number of carbonyl (C=O) groups excluding carboxylic acids is 1. The molecule has 0 fully saturated rings. The lowest BCUT2D eigenvalue weighted by Crippen LogP contribution is -2.26. The first-order chi connectivity index (χ1) is 11.5. The van der Waals surface area contributed by atoms with E-state index in [1.807, 2.05) is 24.3 Å².